The maximum absolute atomic E-state index is 11.9. The number of benzene rings is 1. The van der Waals surface area contributed by atoms with Gasteiger partial charge >= 0.3 is 0 Å². The van der Waals surface area contributed by atoms with Gasteiger partial charge in [-0.05, 0) is 30.3 Å². The van der Waals surface area contributed by atoms with Crippen LogP contribution in [0, 0.1) is 0 Å². The second-order valence-corrected chi connectivity index (χ2v) is 3.95. The van der Waals surface area contributed by atoms with Crippen LogP contribution in [0.15, 0.2) is 45.5 Å². The Balaban J connectivity index is 2.46. The highest BCUT2D eigenvalue weighted by molar-refractivity contribution is 9.10. The Morgan fingerprint density at radius 3 is 2.80 bits per heavy atom. The van der Waals surface area contributed by atoms with Gasteiger partial charge in [-0.25, -0.2) is 0 Å². The largest absolute Gasteiger partial charge is 0.461 e. The van der Waals surface area contributed by atoms with Crippen LogP contribution in [0.25, 0.3) is 0 Å². The summed E-state index contributed by atoms with van der Waals surface area (Å²) in [5.74, 6) is 0.0820. The first kappa shape index (κ1) is 9.98. The van der Waals surface area contributed by atoms with E-state index in [1.807, 2.05) is 0 Å². The molecule has 0 saturated carbocycles. The SMILES string of the molecule is Nc1ccc(Br)cc1C(=O)c1ccco1. The first-order valence-electron chi connectivity index (χ1n) is 4.31. The lowest BCUT2D eigenvalue weighted by Gasteiger charge is -2.02. The summed E-state index contributed by atoms with van der Waals surface area (Å²) < 4.78 is 5.84. The molecule has 0 fully saturated rings. The third-order valence-corrected chi connectivity index (χ3v) is 2.50. The minimum absolute atomic E-state index is 0.209. The van der Waals surface area contributed by atoms with Crippen molar-refractivity contribution < 1.29 is 9.21 Å². The Kier molecular flexibility index (Phi) is 2.60. The van der Waals surface area contributed by atoms with Gasteiger partial charge in [0.25, 0.3) is 0 Å². The van der Waals surface area contributed by atoms with Crippen LogP contribution in [0.3, 0.4) is 0 Å². The van der Waals surface area contributed by atoms with E-state index < -0.39 is 0 Å². The van der Waals surface area contributed by atoms with Gasteiger partial charge in [-0.3, -0.25) is 4.79 Å². The number of halogens is 1. The fourth-order valence-corrected chi connectivity index (χ4v) is 1.63. The summed E-state index contributed by atoms with van der Waals surface area (Å²) in [6.07, 6.45) is 1.46. The monoisotopic (exact) mass is 265 g/mol. The minimum atomic E-state index is -0.209. The van der Waals surface area contributed by atoms with Crippen molar-refractivity contribution in [2.75, 3.05) is 5.73 Å². The van der Waals surface area contributed by atoms with Gasteiger partial charge in [0.1, 0.15) is 0 Å². The molecule has 2 rings (SSSR count). The molecule has 0 bridgehead atoms. The predicted octanol–water partition coefficient (Wildman–Crippen LogP) is 2.86. The van der Waals surface area contributed by atoms with Crippen LogP contribution in [0.4, 0.5) is 5.69 Å². The molecule has 4 heteroatoms. The molecule has 0 aliphatic rings. The van der Waals surface area contributed by atoms with Gasteiger partial charge in [-0.1, -0.05) is 15.9 Å². The first-order chi connectivity index (χ1) is 7.18. The Hall–Kier alpha value is -1.55. The third-order valence-electron chi connectivity index (χ3n) is 2.00. The zero-order valence-corrected chi connectivity index (χ0v) is 9.32. The number of hydrogen-bond donors (Lipinski definition) is 1. The van der Waals surface area contributed by atoms with E-state index >= 15 is 0 Å². The van der Waals surface area contributed by atoms with E-state index in [0.717, 1.165) is 4.47 Å². The molecule has 3 nitrogen and oxygen atoms in total. The number of carbonyl (C=O) groups excluding carboxylic acids is 1. The standard InChI is InChI=1S/C11H8BrNO2/c12-7-3-4-9(13)8(6-7)11(14)10-2-1-5-15-10/h1-6H,13H2. The van der Waals surface area contributed by atoms with E-state index in [4.69, 9.17) is 10.2 Å². The smallest absolute Gasteiger partial charge is 0.230 e. The van der Waals surface area contributed by atoms with E-state index in [0.29, 0.717) is 17.0 Å². The van der Waals surface area contributed by atoms with Crippen LogP contribution in [-0.4, -0.2) is 5.78 Å². The molecule has 2 aromatic rings. The molecular formula is C11H8BrNO2. The summed E-state index contributed by atoms with van der Waals surface area (Å²) in [6.45, 7) is 0. The summed E-state index contributed by atoms with van der Waals surface area (Å²) in [5.41, 5.74) is 6.60. The molecule has 1 heterocycles. The Labute approximate surface area is 95.0 Å². The second kappa shape index (κ2) is 3.90. The lowest BCUT2D eigenvalue weighted by Crippen LogP contribution is -2.04. The fourth-order valence-electron chi connectivity index (χ4n) is 1.27. The molecule has 15 heavy (non-hydrogen) atoms. The molecule has 0 aliphatic carbocycles. The number of hydrogen-bond acceptors (Lipinski definition) is 3. The molecule has 0 atom stereocenters. The van der Waals surface area contributed by atoms with E-state index in [-0.39, 0.29) is 5.78 Å². The maximum atomic E-state index is 11.9. The average molecular weight is 266 g/mol. The lowest BCUT2D eigenvalue weighted by atomic mass is 10.1. The first-order valence-corrected chi connectivity index (χ1v) is 5.11. The molecule has 2 N–H and O–H groups in total. The fraction of sp³-hybridized carbons (Fsp3) is 0. The summed E-state index contributed by atoms with van der Waals surface area (Å²) >= 11 is 3.29. The molecule has 0 saturated heterocycles. The zero-order valence-electron chi connectivity index (χ0n) is 7.74. The highest BCUT2D eigenvalue weighted by atomic mass is 79.9. The molecule has 0 spiro atoms. The maximum Gasteiger partial charge on any atom is 0.230 e. The molecule has 76 valence electrons. The topological polar surface area (TPSA) is 56.2 Å². The number of furan rings is 1. The van der Waals surface area contributed by atoms with Crippen molar-refractivity contribution in [1.82, 2.24) is 0 Å². The number of carbonyl (C=O) groups is 1. The van der Waals surface area contributed by atoms with Crippen LogP contribution >= 0.6 is 15.9 Å². The Bertz CT molecular complexity index is 491. The quantitative estimate of drug-likeness (QED) is 0.671. The molecule has 0 radical (unpaired) electrons. The molecular weight excluding hydrogens is 258 g/mol. The number of nitrogens with two attached hydrogens (primary N) is 1. The minimum Gasteiger partial charge on any atom is -0.461 e. The number of rotatable bonds is 2. The van der Waals surface area contributed by atoms with Gasteiger partial charge in [-0.15, -0.1) is 0 Å². The predicted molar refractivity (Wildman–Crippen MR) is 60.7 cm³/mol. The summed E-state index contributed by atoms with van der Waals surface area (Å²) in [5, 5.41) is 0. The lowest BCUT2D eigenvalue weighted by molar-refractivity contribution is 0.101. The van der Waals surface area contributed by atoms with Gasteiger partial charge in [0.05, 0.1) is 6.26 Å². The summed E-state index contributed by atoms with van der Waals surface area (Å²) in [7, 11) is 0. The molecule has 1 aromatic heterocycles. The number of anilines is 1. The average Bonchev–Trinajstić information content (AvgIpc) is 2.74. The van der Waals surface area contributed by atoms with Crippen molar-refractivity contribution in [1.29, 1.82) is 0 Å². The van der Waals surface area contributed by atoms with Crippen LogP contribution in [0.2, 0.25) is 0 Å². The number of nitrogen functional groups attached to an aromatic ring is 1. The highest BCUT2D eigenvalue weighted by Crippen LogP contribution is 2.21. The Morgan fingerprint density at radius 1 is 1.33 bits per heavy atom. The zero-order chi connectivity index (χ0) is 10.8. The number of ketones is 1. The van der Waals surface area contributed by atoms with Crippen molar-refractivity contribution >= 4 is 27.4 Å². The van der Waals surface area contributed by atoms with Gasteiger partial charge in [0, 0.05) is 15.7 Å². The molecule has 0 aliphatic heterocycles. The van der Waals surface area contributed by atoms with E-state index in [2.05, 4.69) is 15.9 Å². The van der Waals surface area contributed by atoms with Crippen LogP contribution in [0.5, 0.6) is 0 Å². The second-order valence-electron chi connectivity index (χ2n) is 3.04. The molecule has 1 aromatic carbocycles. The molecule has 0 amide bonds. The normalized spacial score (nSPS) is 10.2. The van der Waals surface area contributed by atoms with Crippen molar-refractivity contribution in [2.24, 2.45) is 0 Å². The van der Waals surface area contributed by atoms with Gasteiger partial charge in [0.2, 0.25) is 5.78 Å². The van der Waals surface area contributed by atoms with Crippen LogP contribution < -0.4 is 5.73 Å². The van der Waals surface area contributed by atoms with E-state index in [1.165, 1.54) is 6.26 Å². The highest BCUT2D eigenvalue weighted by Gasteiger charge is 2.14. The van der Waals surface area contributed by atoms with Crippen molar-refractivity contribution in [3.05, 3.63) is 52.4 Å². The molecule has 0 unspecified atom stereocenters. The van der Waals surface area contributed by atoms with Crippen LogP contribution in [0.1, 0.15) is 16.1 Å². The third kappa shape index (κ3) is 1.94. The van der Waals surface area contributed by atoms with E-state index in [9.17, 15) is 4.79 Å². The van der Waals surface area contributed by atoms with Crippen molar-refractivity contribution in [3.63, 3.8) is 0 Å². The Morgan fingerprint density at radius 2 is 2.13 bits per heavy atom. The summed E-state index contributed by atoms with van der Waals surface area (Å²) in [6, 6.07) is 8.43. The van der Waals surface area contributed by atoms with Gasteiger partial charge < -0.3 is 10.2 Å². The van der Waals surface area contributed by atoms with Crippen molar-refractivity contribution in [3.8, 4) is 0 Å². The van der Waals surface area contributed by atoms with Crippen LogP contribution in [-0.2, 0) is 0 Å². The van der Waals surface area contributed by atoms with Gasteiger partial charge in [-0.2, -0.15) is 0 Å². The van der Waals surface area contributed by atoms with Crippen molar-refractivity contribution in [2.45, 2.75) is 0 Å². The summed E-state index contributed by atoms with van der Waals surface area (Å²) in [4.78, 5) is 11.9. The van der Waals surface area contributed by atoms with Gasteiger partial charge in [0.15, 0.2) is 5.76 Å². The van der Waals surface area contributed by atoms with E-state index in [1.54, 1.807) is 30.3 Å².